The van der Waals surface area contributed by atoms with Crippen molar-refractivity contribution in [2.24, 2.45) is 0 Å². The molecule has 0 fully saturated rings. The first kappa shape index (κ1) is 22.4. The van der Waals surface area contributed by atoms with Crippen LogP contribution in [0.5, 0.6) is 5.75 Å². The van der Waals surface area contributed by atoms with Crippen molar-refractivity contribution in [1.82, 2.24) is 30.5 Å². The molecule has 2 heterocycles. The van der Waals surface area contributed by atoms with Crippen molar-refractivity contribution in [3.8, 4) is 22.6 Å². The summed E-state index contributed by atoms with van der Waals surface area (Å²) in [6.07, 6.45) is -3.94. The standard InChI is InChI=1S/C21H17F3N6O2S/c1-12-3-5-14(6-4-12)15-9-16(30-19(21(22,23)24)27-28-29-30)11-17(10-15)32-20(31)26-13(2)18-25-7-8-33-18/h3-11,13H,1-2H3,(H,26,31). The van der Waals surface area contributed by atoms with Crippen molar-refractivity contribution < 1.29 is 22.7 Å². The number of aromatic nitrogens is 5. The first-order valence-electron chi connectivity index (χ1n) is 9.66. The minimum Gasteiger partial charge on any atom is -0.410 e. The van der Waals surface area contributed by atoms with E-state index in [2.05, 4.69) is 25.8 Å². The van der Waals surface area contributed by atoms with Crippen molar-refractivity contribution >= 4 is 17.4 Å². The normalized spacial score (nSPS) is 12.4. The highest BCUT2D eigenvalue weighted by atomic mass is 32.1. The van der Waals surface area contributed by atoms with E-state index in [-0.39, 0.29) is 11.4 Å². The van der Waals surface area contributed by atoms with Crippen LogP contribution in [-0.2, 0) is 6.18 Å². The summed E-state index contributed by atoms with van der Waals surface area (Å²) >= 11 is 1.37. The van der Waals surface area contributed by atoms with Crippen molar-refractivity contribution in [2.75, 3.05) is 0 Å². The first-order chi connectivity index (χ1) is 15.7. The minimum atomic E-state index is -4.77. The van der Waals surface area contributed by atoms with Gasteiger partial charge in [-0.2, -0.15) is 17.9 Å². The van der Waals surface area contributed by atoms with Crippen LogP contribution in [0.1, 0.15) is 29.4 Å². The molecule has 12 heteroatoms. The maximum Gasteiger partial charge on any atom is 0.453 e. The zero-order valence-electron chi connectivity index (χ0n) is 17.4. The van der Waals surface area contributed by atoms with E-state index >= 15 is 0 Å². The molecule has 4 rings (SSSR count). The highest BCUT2D eigenvalue weighted by Gasteiger charge is 2.38. The van der Waals surface area contributed by atoms with E-state index in [1.165, 1.54) is 23.5 Å². The Morgan fingerprint density at radius 1 is 1.15 bits per heavy atom. The molecule has 0 saturated carbocycles. The number of benzene rings is 2. The summed E-state index contributed by atoms with van der Waals surface area (Å²) in [5.41, 5.74) is 2.24. The number of nitrogens with zero attached hydrogens (tertiary/aromatic N) is 5. The predicted molar refractivity (Wildman–Crippen MR) is 114 cm³/mol. The molecule has 0 aliphatic carbocycles. The number of nitrogens with one attached hydrogen (secondary N) is 1. The third-order valence-electron chi connectivity index (χ3n) is 4.61. The van der Waals surface area contributed by atoms with Gasteiger partial charge in [-0.3, -0.25) is 0 Å². The Bertz CT molecular complexity index is 1260. The van der Waals surface area contributed by atoms with Gasteiger partial charge >= 0.3 is 12.3 Å². The lowest BCUT2D eigenvalue weighted by Gasteiger charge is -2.14. The molecule has 33 heavy (non-hydrogen) atoms. The molecule has 2 aromatic carbocycles. The van der Waals surface area contributed by atoms with E-state index in [1.807, 2.05) is 31.2 Å². The zero-order chi connectivity index (χ0) is 23.6. The second-order valence-electron chi connectivity index (χ2n) is 7.12. The molecular weight excluding hydrogens is 457 g/mol. The molecule has 0 bridgehead atoms. The van der Waals surface area contributed by atoms with E-state index < -0.39 is 24.1 Å². The molecule has 0 saturated heterocycles. The summed E-state index contributed by atoms with van der Waals surface area (Å²) < 4.78 is 46.0. The van der Waals surface area contributed by atoms with Crippen LogP contribution >= 0.6 is 11.3 Å². The second-order valence-corrected chi connectivity index (χ2v) is 8.05. The molecule has 1 atom stereocenters. The molecule has 8 nitrogen and oxygen atoms in total. The number of rotatable bonds is 5. The number of amides is 1. The summed E-state index contributed by atoms with van der Waals surface area (Å²) in [6, 6.07) is 11.2. The summed E-state index contributed by atoms with van der Waals surface area (Å²) in [5, 5.41) is 14.8. The smallest absolute Gasteiger partial charge is 0.410 e. The lowest BCUT2D eigenvalue weighted by Crippen LogP contribution is -2.29. The second kappa shape index (κ2) is 8.98. The number of hydrogen-bond donors (Lipinski definition) is 1. The van der Waals surface area contributed by atoms with Gasteiger partial charge in [0.2, 0.25) is 0 Å². The van der Waals surface area contributed by atoms with Gasteiger partial charge in [-0.15, -0.1) is 16.4 Å². The van der Waals surface area contributed by atoms with Crippen molar-refractivity contribution in [1.29, 1.82) is 0 Å². The molecule has 0 aliphatic heterocycles. The molecule has 0 spiro atoms. The molecule has 170 valence electrons. The summed E-state index contributed by atoms with van der Waals surface area (Å²) in [5.74, 6) is -1.27. The number of carbonyl (C=O) groups excluding carboxylic acids is 1. The Hall–Kier alpha value is -3.80. The minimum absolute atomic E-state index is 0.0128. The van der Waals surface area contributed by atoms with Gasteiger partial charge in [-0.25, -0.2) is 9.78 Å². The molecule has 1 amide bonds. The van der Waals surface area contributed by atoms with Gasteiger partial charge in [0.25, 0.3) is 5.82 Å². The highest BCUT2D eigenvalue weighted by Crippen LogP contribution is 2.32. The number of thiazole rings is 1. The number of ether oxygens (including phenoxy) is 1. The monoisotopic (exact) mass is 474 g/mol. The van der Waals surface area contributed by atoms with Crippen LogP contribution < -0.4 is 10.1 Å². The van der Waals surface area contributed by atoms with Crippen LogP contribution in [0.15, 0.2) is 54.0 Å². The van der Waals surface area contributed by atoms with Crippen molar-refractivity contribution in [3.05, 3.63) is 70.4 Å². The van der Waals surface area contributed by atoms with E-state index in [9.17, 15) is 18.0 Å². The molecule has 4 aromatic rings. The highest BCUT2D eigenvalue weighted by molar-refractivity contribution is 7.09. The SMILES string of the molecule is Cc1ccc(-c2cc(OC(=O)NC(C)c3nccs3)cc(-n3nnnc3C(F)(F)F)c2)cc1. The van der Waals surface area contributed by atoms with Gasteiger partial charge in [-0.1, -0.05) is 29.8 Å². The van der Waals surface area contributed by atoms with Crippen LogP contribution in [0, 0.1) is 6.92 Å². The van der Waals surface area contributed by atoms with Gasteiger partial charge in [0.15, 0.2) is 0 Å². The van der Waals surface area contributed by atoms with Gasteiger partial charge < -0.3 is 10.1 Å². The topological polar surface area (TPSA) is 94.8 Å². The predicted octanol–water partition coefficient (Wildman–Crippen LogP) is 4.96. The van der Waals surface area contributed by atoms with Crippen LogP contribution in [0.2, 0.25) is 0 Å². The Kier molecular flexibility index (Phi) is 6.09. The Morgan fingerprint density at radius 2 is 1.91 bits per heavy atom. The Labute approximate surface area is 190 Å². The average molecular weight is 474 g/mol. The number of carbonyl (C=O) groups is 1. The summed E-state index contributed by atoms with van der Waals surface area (Å²) in [7, 11) is 0. The Morgan fingerprint density at radius 3 is 2.58 bits per heavy atom. The third-order valence-corrected chi connectivity index (χ3v) is 5.57. The van der Waals surface area contributed by atoms with Crippen LogP contribution in [0.25, 0.3) is 16.8 Å². The lowest BCUT2D eigenvalue weighted by molar-refractivity contribution is -0.146. The number of alkyl halides is 3. The number of tetrazole rings is 1. The van der Waals surface area contributed by atoms with Crippen LogP contribution in [0.4, 0.5) is 18.0 Å². The maximum absolute atomic E-state index is 13.4. The number of halogens is 3. The van der Waals surface area contributed by atoms with Crippen molar-refractivity contribution in [3.63, 3.8) is 0 Å². The molecule has 2 aromatic heterocycles. The van der Waals surface area contributed by atoms with Gasteiger partial charge in [0.1, 0.15) is 10.8 Å². The fraction of sp³-hybridized carbons (Fsp3) is 0.190. The quantitative estimate of drug-likeness (QED) is 0.439. The third kappa shape index (κ3) is 5.17. The fourth-order valence-electron chi connectivity index (χ4n) is 3.04. The van der Waals surface area contributed by atoms with E-state index in [0.717, 1.165) is 5.56 Å². The van der Waals surface area contributed by atoms with E-state index in [1.54, 1.807) is 24.6 Å². The first-order valence-corrected chi connectivity index (χ1v) is 10.5. The molecular formula is C21H17F3N6O2S. The van der Waals surface area contributed by atoms with Crippen LogP contribution in [-0.4, -0.2) is 31.3 Å². The number of aryl methyl sites for hydroxylation is 1. The molecule has 1 unspecified atom stereocenters. The van der Waals surface area contributed by atoms with Crippen molar-refractivity contribution in [2.45, 2.75) is 26.1 Å². The largest absolute Gasteiger partial charge is 0.453 e. The molecule has 0 radical (unpaired) electrons. The lowest BCUT2D eigenvalue weighted by atomic mass is 10.0. The van der Waals surface area contributed by atoms with E-state index in [4.69, 9.17) is 4.74 Å². The Balaban J connectivity index is 1.70. The summed E-state index contributed by atoms with van der Waals surface area (Å²) in [4.78, 5) is 16.6. The summed E-state index contributed by atoms with van der Waals surface area (Å²) in [6.45, 7) is 3.66. The van der Waals surface area contributed by atoms with Gasteiger partial charge in [0.05, 0.1) is 11.7 Å². The fourth-order valence-corrected chi connectivity index (χ4v) is 3.68. The molecule has 0 aliphatic rings. The zero-order valence-corrected chi connectivity index (χ0v) is 18.2. The average Bonchev–Trinajstić information content (AvgIpc) is 3.46. The maximum atomic E-state index is 13.4. The van der Waals surface area contributed by atoms with Gasteiger partial charge in [0, 0.05) is 17.6 Å². The van der Waals surface area contributed by atoms with Crippen LogP contribution in [0.3, 0.4) is 0 Å². The number of hydrogen-bond acceptors (Lipinski definition) is 7. The van der Waals surface area contributed by atoms with E-state index in [0.29, 0.717) is 20.8 Å². The van der Waals surface area contributed by atoms with Gasteiger partial charge in [-0.05, 0) is 47.5 Å². The molecule has 1 N–H and O–H groups in total.